The molecule has 1 unspecified atom stereocenters. The minimum Gasteiger partial charge on any atom is -0.462 e. The van der Waals surface area contributed by atoms with Crippen molar-refractivity contribution in [1.29, 1.82) is 0 Å². The molecule has 0 radical (unpaired) electrons. The summed E-state index contributed by atoms with van der Waals surface area (Å²) in [4.78, 5) is 55.9. The van der Waals surface area contributed by atoms with Gasteiger partial charge in [-0.05, 0) is 97.8 Å². The van der Waals surface area contributed by atoms with Gasteiger partial charge in [0.25, 0.3) is 11.8 Å². The van der Waals surface area contributed by atoms with Crippen molar-refractivity contribution in [2.45, 2.75) is 42.8 Å². The van der Waals surface area contributed by atoms with Crippen molar-refractivity contribution in [2.75, 3.05) is 17.2 Å². The summed E-state index contributed by atoms with van der Waals surface area (Å²) in [6.45, 7) is 2.01. The van der Waals surface area contributed by atoms with E-state index in [2.05, 4.69) is 31.9 Å². The van der Waals surface area contributed by atoms with Crippen molar-refractivity contribution >= 4 is 79.5 Å². The lowest BCUT2D eigenvalue weighted by Gasteiger charge is -2.18. The van der Waals surface area contributed by atoms with Crippen LogP contribution in [0.1, 0.15) is 67.3 Å². The molecule has 5 aromatic rings. The number of hydrogen-bond donors (Lipinski definition) is 3. The van der Waals surface area contributed by atoms with E-state index in [9.17, 15) is 19.2 Å². The lowest BCUT2D eigenvalue weighted by Crippen LogP contribution is -2.30. The van der Waals surface area contributed by atoms with Gasteiger partial charge in [-0.1, -0.05) is 82.7 Å². The number of benzene rings is 4. The van der Waals surface area contributed by atoms with Crippen molar-refractivity contribution in [2.24, 2.45) is 0 Å². The van der Waals surface area contributed by atoms with Crippen LogP contribution in [0.5, 0.6) is 0 Å². The fourth-order valence-corrected chi connectivity index (χ4v) is 8.62. The van der Waals surface area contributed by atoms with Crippen molar-refractivity contribution in [3.8, 4) is 0 Å². The summed E-state index contributed by atoms with van der Waals surface area (Å²) in [7, 11) is 0. The van der Waals surface area contributed by atoms with Crippen LogP contribution in [0.25, 0.3) is 6.08 Å². The number of nitrogens with one attached hydrogen (secondary N) is 3. The lowest BCUT2D eigenvalue weighted by atomic mass is 9.95. The third kappa shape index (κ3) is 9.27. The predicted octanol–water partition coefficient (Wildman–Crippen LogP) is 9.45. The zero-order chi connectivity index (χ0) is 36.5. The Morgan fingerprint density at radius 3 is 2.35 bits per heavy atom. The molecular formula is C41H36BrN3O5S2. The molecule has 0 spiro atoms. The molecule has 11 heteroatoms. The van der Waals surface area contributed by atoms with Crippen LogP contribution in [-0.4, -0.2) is 30.3 Å². The number of rotatable bonds is 12. The fraction of sp³-hybridized carbons (Fsp3) is 0.171. The molecule has 6 rings (SSSR count). The Morgan fingerprint density at radius 2 is 1.60 bits per heavy atom. The number of carbonyl (C=O) groups excluding carboxylic acids is 4. The first-order chi connectivity index (χ1) is 25.3. The highest BCUT2D eigenvalue weighted by molar-refractivity contribution is 9.10. The van der Waals surface area contributed by atoms with Gasteiger partial charge in [-0.3, -0.25) is 14.4 Å². The molecule has 1 aliphatic carbocycles. The summed E-state index contributed by atoms with van der Waals surface area (Å²) in [6, 6.07) is 32.7. The van der Waals surface area contributed by atoms with E-state index in [4.69, 9.17) is 4.74 Å². The van der Waals surface area contributed by atoms with Gasteiger partial charge >= 0.3 is 5.97 Å². The number of esters is 1. The average molecular weight is 795 g/mol. The van der Waals surface area contributed by atoms with Gasteiger partial charge in [0.1, 0.15) is 15.9 Å². The Balaban J connectivity index is 1.25. The van der Waals surface area contributed by atoms with E-state index in [1.165, 1.54) is 23.1 Å². The third-order valence-corrected chi connectivity index (χ3v) is 11.2. The predicted molar refractivity (Wildman–Crippen MR) is 212 cm³/mol. The van der Waals surface area contributed by atoms with E-state index >= 15 is 0 Å². The Labute approximate surface area is 319 Å². The summed E-state index contributed by atoms with van der Waals surface area (Å²) < 4.78 is 6.23. The maximum absolute atomic E-state index is 14.1. The topological polar surface area (TPSA) is 114 Å². The van der Waals surface area contributed by atoms with Crippen LogP contribution in [0, 0.1) is 0 Å². The molecule has 4 aromatic carbocycles. The van der Waals surface area contributed by atoms with E-state index in [0.717, 1.165) is 51.1 Å². The Morgan fingerprint density at radius 1 is 0.865 bits per heavy atom. The molecule has 52 heavy (non-hydrogen) atoms. The van der Waals surface area contributed by atoms with Crippen LogP contribution in [0.4, 0.5) is 10.7 Å². The van der Waals surface area contributed by atoms with Gasteiger partial charge in [0.2, 0.25) is 5.91 Å². The quantitative estimate of drug-likeness (QED) is 0.0659. The highest BCUT2D eigenvalue weighted by Crippen LogP contribution is 2.41. The Kier molecular flexibility index (Phi) is 12.4. The molecule has 0 aliphatic heterocycles. The van der Waals surface area contributed by atoms with Gasteiger partial charge in [-0.2, -0.15) is 0 Å². The summed E-state index contributed by atoms with van der Waals surface area (Å²) in [6.07, 6.45) is 5.29. The molecule has 1 aliphatic rings. The largest absolute Gasteiger partial charge is 0.462 e. The number of ether oxygens (including phenoxy) is 1. The average Bonchev–Trinajstić information content (AvgIpc) is 3.52. The third-order valence-electron chi connectivity index (χ3n) is 8.26. The smallest absolute Gasteiger partial charge is 0.341 e. The number of halogens is 1. The minimum atomic E-state index is -0.682. The number of hydrogen-bond acceptors (Lipinski definition) is 7. The molecule has 0 saturated heterocycles. The van der Waals surface area contributed by atoms with Crippen LogP contribution in [-0.2, 0) is 27.2 Å². The van der Waals surface area contributed by atoms with Gasteiger partial charge < -0.3 is 20.7 Å². The maximum atomic E-state index is 14.1. The molecule has 1 aromatic heterocycles. The molecule has 0 bridgehead atoms. The first kappa shape index (κ1) is 36.8. The van der Waals surface area contributed by atoms with Crippen molar-refractivity contribution in [3.05, 3.63) is 152 Å². The van der Waals surface area contributed by atoms with E-state index in [1.807, 2.05) is 66.7 Å². The lowest BCUT2D eigenvalue weighted by molar-refractivity contribution is -0.116. The number of thiophene rings is 1. The Hall–Kier alpha value is -4.97. The van der Waals surface area contributed by atoms with Crippen LogP contribution in [0.3, 0.4) is 0 Å². The maximum Gasteiger partial charge on any atom is 0.341 e. The highest BCUT2D eigenvalue weighted by Gasteiger charge is 2.30. The number of anilines is 2. The second-order valence-electron chi connectivity index (χ2n) is 11.9. The molecule has 0 fully saturated rings. The van der Waals surface area contributed by atoms with E-state index in [0.29, 0.717) is 27.4 Å². The van der Waals surface area contributed by atoms with E-state index < -0.39 is 23.0 Å². The zero-order valence-electron chi connectivity index (χ0n) is 28.3. The second-order valence-corrected chi connectivity index (χ2v) is 15.1. The molecule has 1 atom stereocenters. The summed E-state index contributed by atoms with van der Waals surface area (Å²) in [5.74, 6) is -1.64. The van der Waals surface area contributed by atoms with Crippen molar-refractivity contribution in [3.63, 3.8) is 0 Å². The van der Waals surface area contributed by atoms with E-state index in [1.54, 1.807) is 55.5 Å². The van der Waals surface area contributed by atoms with Gasteiger partial charge in [-0.25, -0.2) is 4.79 Å². The second kappa shape index (κ2) is 17.5. The first-order valence-electron chi connectivity index (χ1n) is 16.9. The SMILES string of the molecule is CCOC(=O)c1c(NC(=O)C(Sc2cccc(NC(=O)/C(=C\c3cccc(Br)c3)NC(=O)c3ccccc3)c2)c2ccccc2)sc2c1CCCC2. The van der Waals surface area contributed by atoms with Gasteiger partial charge in [0, 0.05) is 25.5 Å². The molecule has 0 saturated carbocycles. The normalized spacial score (nSPS) is 13.0. The monoisotopic (exact) mass is 793 g/mol. The molecule has 264 valence electrons. The number of thioether (sulfide) groups is 1. The molecule has 3 N–H and O–H groups in total. The number of carbonyl (C=O) groups is 4. The molecule has 8 nitrogen and oxygen atoms in total. The summed E-state index contributed by atoms with van der Waals surface area (Å²) >= 11 is 6.24. The standard InChI is InChI=1S/C41H36BrN3O5S2/c1-2-50-41(49)35-32-21-9-10-22-34(32)52-40(35)45-39(48)36(27-14-5-3-6-15-27)51-31-20-12-19-30(25-31)43-38(47)33(24-26-13-11-18-29(42)23-26)44-37(46)28-16-7-4-8-17-28/h3-8,11-20,23-25,36H,2,9-10,21-22H2,1H3,(H,43,47)(H,44,46)(H,45,48)/b33-24+. The van der Waals surface area contributed by atoms with Crippen LogP contribution in [0.2, 0.25) is 0 Å². The van der Waals surface area contributed by atoms with Gasteiger partial charge in [0.05, 0.1) is 12.2 Å². The minimum absolute atomic E-state index is 0.0580. The van der Waals surface area contributed by atoms with E-state index in [-0.39, 0.29) is 18.2 Å². The first-order valence-corrected chi connectivity index (χ1v) is 19.4. The molecular weight excluding hydrogens is 759 g/mol. The van der Waals surface area contributed by atoms with Crippen molar-refractivity contribution < 1.29 is 23.9 Å². The number of fused-ring (bicyclic) bond motifs is 1. The van der Waals surface area contributed by atoms with Crippen LogP contribution < -0.4 is 16.0 Å². The highest BCUT2D eigenvalue weighted by atomic mass is 79.9. The molecule has 3 amide bonds. The number of amides is 3. The zero-order valence-corrected chi connectivity index (χ0v) is 31.5. The fourth-order valence-electron chi connectivity index (χ4n) is 5.84. The van der Waals surface area contributed by atoms with Crippen LogP contribution >= 0.6 is 39.0 Å². The van der Waals surface area contributed by atoms with Crippen molar-refractivity contribution in [1.82, 2.24) is 5.32 Å². The van der Waals surface area contributed by atoms with Gasteiger partial charge in [-0.15, -0.1) is 23.1 Å². The Bertz CT molecular complexity index is 2120. The summed E-state index contributed by atoms with van der Waals surface area (Å²) in [5.41, 5.74) is 3.88. The molecule has 1 heterocycles. The summed E-state index contributed by atoms with van der Waals surface area (Å²) in [5, 5.41) is 8.60. The van der Waals surface area contributed by atoms with Gasteiger partial charge in [0.15, 0.2) is 0 Å². The number of aryl methyl sites for hydroxylation is 1. The van der Waals surface area contributed by atoms with Crippen LogP contribution in [0.15, 0.2) is 124 Å².